The number of nitrogens with one attached hydrogen (secondary N) is 15. The summed E-state index contributed by atoms with van der Waals surface area (Å²) in [5.74, 6) is 1.51. The summed E-state index contributed by atoms with van der Waals surface area (Å²) >= 11 is 0. The number of para-hydroxylation sites is 1. The Kier molecular flexibility index (Phi) is 38.6. The number of hydrogen-bond donors (Lipinski definition) is 15. The maximum atomic E-state index is 10.4. The average Bonchev–Trinajstić information content (AvgIpc) is 2.80. The number of hydrogen-bond acceptors (Lipinski definition) is 14. The van der Waals surface area contributed by atoms with Gasteiger partial charge in [-0.1, -0.05) is 37.5 Å². The van der Waals surface area contributed by atoms with E-state index in [4.69, 9.17) is 0 Å². The Labute approximate surface area is 526 Å². The van der Waals surface area contributed by atoms with Gasteiger partial charge in [-0.2, -0.15) is 0 Å². The number of amides is 10. The van der Waals surface area contributed by atoms with Crippen molar-refractivity contribution in [2.75, 3.05) is 130 Å². The van der Waals surface area contributed by atoms with Crippen LogP contribution in [-0.4, -0.2) is 183 Å². The summed E-state index contributed by atoms with van der Waals surface area (Å²) in [5.41, 5.74) is 3.63. The predicted molar refractivity (Wildman–Crippen MR) is 351 cm³/mol. The van der Waals surface area contributed by atoms with E-state index >= 15 is 0 Å². The number of piperidine rings is 6. The minimum absolute atomic E-state index is 0.0359. The molecule has 1 aliphatic carbocycles. The predicted octanol–water partition coefficient (Wildman–Crippen LogP) is 4.71. The smallest absolute Gasteiger partial charge is 0.321 e. The Morgan fingerprint density at radius 3 is 1.19 bits per heavy atom. The molecule has 88 heavy (non-hydrogen) atoms. The van der Waals surface area contributed by atoms with Crippen molar-refractivity contribution < 1.29 is 33.6 Å². The van der Waals surface area contributed by atoms with Gasteiger partial charge in [-0.05, 0) is 216 Å². The highest BCUT2D eigenvalue weighted by molar-refractivity contribution is 5.96. The number of nitrogens with zero attached hydrogens (tertiary/aromatic N) is 1. The van der Waals surface area contributed by atoms with Gasteiger partial charge in [0.25, 0.3) is 0 Å². The molecule has 2 unspecified atom stereocenters. The molecule has 23 heteroatoms. The van der Waals surface area contributed by atoms with E-state index in [1.165, 1.54) is 205 Å². The van der Waals surface area contributed by atoms with Crippen molar-refractivity contribution in [3.8, 4) is 0 Å². The summed E-state index contributed by atoms with van der Waals surface area (Å²) in [6.45, 7) is 20.9. The van der Waals surface area contributed by atoms with Crippen LogP contribution in [0.4, 0.5) is 20.1 Å². The van der Waals surface area contributed by atoms with Crippen LogP contribution < -0.4 is 79.8 Å². The van der Waals surface area contributed by atoms with Crippen LogP contribution in [0.25, 0.3) is 0 Å². The summed E-state index contributed by atoms with van der Waals surface area (Å²) < 4.78 is 0. The summed E-state index contributed by atoms with van der Waals surface area (Å²) in [7, 11) is 0. The monoisotopic (exact) mass is 1230 g/mol. The van der Waals surface area contributed by atoms with Crippen LogP contribution in [0.5, 0.6) is 0 Å². The molecule has 17 aliphatic rings. The van der Waals surface area contributed by atoms with Crippen molar-refractivity contribution in [1.82, 2.24) is 79.3 Å². The Morgan fingerprint density at radius 1 is 0.386 bits per heavy atom. The largest absolute Gasteiger partial charge is 0.385 e. The zero-order valence-electron chi connectivity index (χ0n) is 53.5. The summed E-state index contributed by atoms with van der Waals surface area (Å²) in [6, 6.07) is 9.80. The zero-order valence-corrected chi connectivity index (χ0v) is 53.5. The van der Waals surface area contributed by atoms with Crippen molar-refractivity contribution >= 4 is 47.4 Å². The van der Waals surface area contributed by atoms with E-state index in [0.717, 1.165) is 108 Å². The first-order valence-electron chi connectivity index (χ1n) is 34.3. The van der Waals surface area contributed by atoms with Gasteiger partial charge in [-0.3, -0.25) is 24.5 Å². The van der Waals surface area contributed by atoms with Gasteiger partial charge in [0.15, 0.2) is 0 Å². The van der Waals surface area contributed by atoms with E-state index in [0.29, 0.717) is 19.5 Å². The molecule has 2 atom stereocenters. The molecule has 1 aromatic rings. The Morgan fingerprint density at radius 2 is 0.898 bits per heavy atom. The number of carbonyl (C=O) groups excluding carboxylic acids is 7. The Balaban J connectivity index is 0.000000175. The molecule has 15 fully saturated rings. The molecule has 14 saturated heterocycles. The average molecular weight is 1230 g/mol. The number of aryl methyl sites for hydroxylation is 1. The molecule has 18 rings (SSSR count). The van der Waals surface area contributed by atoms with Gasteiger partial charge in [0.2, 0.25) is 23.6 Å². The number of imide groups is 1. The molecule has 23 nitrogen and oxygen atoms in total. The maximum absolute atomic E-state index is 10.4. The third-order valence-electron chi connectivity index (χ3n) is 17.5. The van der Waals surface area contributed by atoms with E-state index in [-0.39, 0.29) is 41.7 Å². The van der Waals surface area contributed by atoms with E-state index in [9.17, 15) is 33.6 Å². The van der Waals surface area contributed by atoms with Crippen molar-refractivity contribution in [3.63, 3.8) is 0 Å². The highest BCUT2D eigenvalue weighted by Gasteiger charge is 2.41. The maximum Gasteiger partial charge on any atom is 0.321 e. The zero-order chi connectivity index (χ0) is 62.4. The minimum Gasteiger partial charge on any atom is -0.385 e. The minimum atomic E-state index is -0.388. The van der Waals surface area contributed by atoms with E-state index < -0.39 is 0 Å². The van der Waals surface area contributed by atoms with Gasteiger partial charge < -0.3 is 79.3 Å². The summed E-state index contributed by atoms with van der Waals surface area (Å²) in [6.07, 6.45) is 37.5. The molecule has 1 spiro atoms. The van der Waals surface area contributed by atoms with Crippen molar-refractivity contribution in [2.45, 2.75) is 185 Å². The fourth-order valence-corrected chi connectivity index (χ4v) is 11.4. The summed E-state index contributed by atoms with van der Waals surface area (Å²) in [5, 5.41) is 42.7. The second kappa shape index (κ2) is 46.5. The van der Waals surface area contributed by atoms with Gasteiger partial charge in [-0.25, -0.2) is 14.4 Å². The molecule has 10 amide bonds. The number of urea groups is 3. The highest BCUT2D eigenvalue weighted by atomic mass is 16.2. The fraction of sp³-hybridized carbons (Fsp3) is 0.769. The lowest BCUT2D eigenvalue weighted by Gasteiger charge is -2.49. The molecule has 0 radical (unpaired) electrons. The van der Waals surface area contributed by atoms with E-state index in [1.807, 2.05) is 6.08 Å². The fourth-order valence-electron chi connectivity index (χ4n) is 11.4. The number of anilines is 1. The first kappa shape index (κ1) is 73.1. The van der Waals surface area contributed by atoms with Gasteiger partial charge in [0.1, 0.15) is 0 Å². The van der Waals surface area contributed by atoms with Crippen LogP contribution in [0.3, 0.4) is 0 Å². The number of benzene rings is 1. The lowest BCUT2D eigenvalue weighted by atomic mass is 9.65. The molecular weight excluding hydrogens is 1120 g/mol. The molecule has 16 aliphatic heterocycles. The van der Waals surface area contributed by atoms with Gasteiger partial charge in [0.05, 0.1) is 0 Å². The molecule has 15 N–H and O–H groups in total. The SMILES string of the molecule is C1CC2(C1)CNC2.C1CC2CCC(C1)N2.C1CCNC1.C1CCNCC1.C1CN2CCC1CC2.C1CNC1.O=C1CCCCN1.O=C1CCCN1.O=C1CCN1.O=C1CCNC(=O)N1.O=C1NC=CCN1.O=C1NCCCN1.c1ccc2c(c1)CCCN2. The molecule has 16 heterocycles. The van der Waals surface area contributed by atoms with Crippen LogP contribution in [-0.2, 0) is 25.6 Å². The normalized spacial score (nSPS) is 25.9. The quantitative estimate of drug-likeness (QED) is 0.157. The van der Waals surface area contributed by atoms with Crippen molar-refractivity contribution in [2.24, 2.45) is 11.3 Å². The Hall–Kier alpha value is -5.59. The Bertz CT molecular complexity index is 1970. The highest BCUT2D eigenvalue weighted by Crippen LogP contribution is 2.43. The molecule has 1 saturated carbocycles. The van der Waals surface area contributed by atoms with Crippen LogP contribution in [0.15, 0.2) is 36.5 Å². The number of rotatable bonds is 0. The number of carbonyl (C=O) groups is 7. The van der Waals surface area contributed by atoms with E-state index in [2.05, 4.69) is 109 Å². The second-order valence-electron chi connectivity index (χ2n) is 24.9. The number of β-lactam (4-membered cyclic amide) rings is 1. The molecule has 4 bridgehead atoms. The molecule has 498 valence electrons. The van der Waals surface area contributed by atoms with E-state index in [1.54, 1.807) is 6.20 Å². The van der Waals surface area contributed by atoms with Gasteiger partial charge in [0, 0.05) is 115 Å². The topological polar surface area (TPSA) is 303 Å². The summed E-state index contributed by atoms with van der Waals surface area (Å²) in [4.78, 5) is 73.8. The third kappa shape index (κ3) is 35.0. The number of fused-ring (bicyclic) bond motifs is 6. The van der Waals surface area contributed by atoms with Crippen molar-refractivity contribution in [1.29, 1.82) is 0 Å². The standard InChI is InChI=1S/C9H11N.2C7H13N.C6H11N.C5H9NO.C5H11N.C4H6N2O2.C4H8N2O.C4H6N2O.C4H7NO.C4H9N.C3H5NO.C3H7N/c1-2-6-9-8(4-1)5-3-7-10-9;1-4-8-5-2-7(1)3-6-8;1-2-6-4-5-7(3-1)8-6;1-2-6(3-1)4-7-5-6;7-5-3-1-2-4-6-5;1-2-4-6-5-3-1;7-3-1-2-5-4(8)6-3;2*7-4-5-2-1-3-6-4;6-4-2-1-3-5-4;1-2-4-5-3-1;5-3-1-2-4-3;1-2-4-3-1/h1-2,4,6,10H,3,5,7H2;7H,1-6H2;6-8H,1-5H2;7H,1-5H2;1-4H2,(H,6,7);6H,1-5H2;1-2H2,(H2,5,6,7,8);1-3H2,(H2,5,6,7);1-2H,3H2,(H2,5,6,7);1-3H2,(H,5,6);5H,1-4H2;1-2H2,(H,4,5);4H,1-3H2. The molecule has 0 aromatic heterocycles. The van der Waals surface area contributed by atoms with Crippen LogP contribution in [0.1, 0.15) is 173 Å². The second-order valence-corrected chi connectivity index (χ2v) is 24.9. The molecule has 1 aromatic carbocycles. The first-order chi connectivity index (χ1) is 43.0. The lowest BCUT2D eigenvalue weighted by molar-refractivity contribution is -0.125. The lowest BCUT2D eigenvalue weighted by Crippen LogP contribution is -2.57. The van der Waals surface area contributed by atoms with Crippen molar-refractivity contribution in [3.05, 3.63) is 42.1 Å². The van der Waals surface area contributed by atoms with Crippen LogP contribution in [0.2, 0.25) is 0 Å². The van der Waals surface area contributed by atoms with Crippen LogP contribution in [0, 0.1) is 11.3 Å². The first-order valence-corrected chi connectivity index (χ1v) is 34.3. The van der Waals surface area contributed by atoms with Crippen LogP contribution >= 0.6 is 0 Å². The third-order valence-corrected chi connectivity index (χ3v) is 17.5. The van der Waals surface area contributed by atoms with Gasteiger partial charge >= 0.3 is 18.1 Å². The van der Waals surface area contributed by atoms with Gasteiger partial charge in [-0.15, -0.1) is 0 Å². The molecular formula is C65H116N16O7.